The van der Waals surface area contributed by atoms with E-state index in [1.807, 2.05) is 31.2 Å². The monoisotopic (exact) mass is 358 g/mol. The van der Waals surface area contributed by atoms with E-state index in [9.17, 15) is 14.4 Å². The molecule has 1 N–H and O–H groups in total. The van der Waals surface area contributed by atoms with Crippen LogP contribution in [0.4, 0.5) is 0 Å². The van der Waals surface area contributed by atoms with Crippen LogP contribution in [0, 0.1) is 12.8 Å². The summed E-state index contributed by atoms with van der Waals surface area (Å²) in [6.45, 7) is 3.68. The number of piperidine rings is 1. The minimum Gasteiger partial charge on any atom is -0.481 e. The van der Waals surface area contributed by atoms with E-state index < -0.39 is 5.97 Å². The minimum absolute atomic E-state index is 0.00444. The molecule has 26 heavy (non-hydrogen) atoms. The Morgan fingerprint density at radius 3 is 2.46 bits per heavy atom. The van der Waals surface area contributed by atoms with Gasteiger partial charge in [0.05, 0.1) is 12.3 Å². The average molecular weight is 358 g/mol. The number of nitrogens with zero attached hydrogens (tertiary/aromatic N) is 2. The van der Waals surface area contributed by atoms with Crippen molar-refractivity contribution in [3.63, 3.8) is 0 Å². The fraction of sp³-hybridized carbons (Fsp3) is 0.550. The van der Waals surface area contributed by atoms with Crippen molar-refractivity contribution >= 4 is 17.8 Å². The molecule has 2 atom stereocenters. The predicted octanol–water partition coefficient (Wildman–Crippen LogP) is 2.31. The lowest BCUT2D eigenvalue weighted by atomic mass is 9.95. The maximum atomic E-state index is 12.9. The SMILES string of the molecule is Cc1ccc(C(=O)N2CCCC(C(=O)N3CCCC3CC(=O)O)C2)cc1. The number of amides is 2. The molecule has 140 valence electrons. The molecule has 0 spiro atoms. The van der Waals surface area contributed by atoms with Gasteiger partial charge in [0, 0.05) is 31.2 Å². The number of aliphatic carboxylic acids is 1. The lowest BCUT2D eigenvalue weighted by Gasteiger charge is -2.35. The van der Waals surface area contributed by atoms with Crippen LogP contribution in [0.2, 0.25) is 0 Å². The number of carboxylic acid groups (broad SMARTS) is 1. The zero-order valence-corrected chi connectivity index (χ0v) is 15.2. The van der Waals surface area contributed by atoms with Gasteiger partial charge in [0.2, 0.25) is 5.91 Å². The second-order valence-corrected chi connectivity index (χ2v) is 7.38. The third-order valence-electron chi connectivity index (χ3n) is 5.43. The highest BCUT2D eigenvalue weighted by atomic mass is 16.4. The third-order valence-corrected chi connectivity index (χ3v) is 5.43. The summed E-state index contributed by atoms with van der Waals surface area (Å²) in [7, 11) is 0. The number of carboxylic acids is 1. The smallest absolute Gasteiger partial charge is 0.305 e. The van der Waals surface area contributed by atoms with Crippen molar-refractivity contribution in [1.29, 1.82) is 0 Å². The van der Waals surface area contributed by atoms with E-state index in [0.717, 1.165) is 31.2 Å². The Labute approximate surface area is 153 Å². The summed E-state index contributed by atoms with van der Waals surface area (Å²) in [6, 6.07) is 7.28. The molecule has 0 aromatic heterocycles. The van der Waals surface area contributed by atoms with Gasteiger partial charge in [-0.05, 0) is 44.7 Å². The van der Waals surface area contributed by atoms with Crippen molar-refractivity contribution in [3.05, 3.63) is 35.4 Å². The number of hydrogen-bond donors (Lipinski definition) is 1. The van der Waals surface area contributed by atoms with E-state index in [-0.39, 0.29) is 30.2 Å². The maximum absolute atomic E-state index is 12.9. The van der Waals surface area contributed by atoms with Crippen molar-refractivity contribution in [3.8, 4) is 0 Å². The van der Waals surface area contributed by atoms with Crippen LogP contribution in [-0.4, -0.2) is 58.4 Å². The number of benzene rings is 1. The first-order valence-corrected chi connectivity index (χ1v) is 9.34. The first kappa shape index (κ1) is 18.4. The van der Waals surface area contributed by atoms with E-state index in [2.05, 4.69) is 0 Å². The molecule has 1 aromatic rings. The van der Waals surface area contributed by atoms with Gasteiger partial charge in [-0.2, -0.15) is 0 Å². The third kappa shape index (κ3) is 4.06. The Morgan fingerprint density at radius 2 is 1.77 bits per heavy atom. The zero-order valence-electron chi connectivity index (χ0n) is 15.2. The number of aryl methyl sites for hydroxylation is 1. The van der Waals surface area contributed by atoms with Gasteiger partial charge in [-0.1, -0.05) is 17.7 Å². The Hall–Kier alpha value is -2.37. The number of likely N-dealkylation sites (tertiary alicyclic amines) is 2. The number of rotatable bonds is 4. The molecule has 2 saturated heterocycles. The fourth-order valence-electron chi connectivity index (χ4n) is 4.02. The lowest BCUT2D eigenvalue weighted by Crippen LogP contribution is -2.48. The zero-order chi connectivity index (χ0) is 18.7. The lowest BCUT2D eigenvalue weighted by molar-refractivity contribution is -0.141. The highest BCUT2D eigenvalue weighted by molar-refractivity contribution is 5.94. The summed E-state index contributed by atoms with van der Waals surface area (Å²) in [5.41, 5.74) is 1.75. The van der Waals surface area contributed by atoms with Crippen LogP contribution >= 0.6 is 0 Å². The molecule has 0 bridgehead atoms. The molecule has 2 fully saturated rings. The summed E-state index contributed by atoms with van der Waals surface area (Å²) < 4.78 is 0. The Morgan fingerprint density at radius 1 is 1.08 bits per heavy atom. The molecule has 2 heterocycles. The molecule has 6 nitrogen and oxygen atoms in total. The largest absolute Gasteiger partial charge is 0.481 e. The van der Waals surface area contributed by atoms with Gasteiger partial charge in [-0.25, -0.2) is 0 Å². The first-order chi connectivity index (χ1) is 12.5. The number of carbonyl (C=O) groups excluding carboxylic acids is 2. The predicted molar refractivity (Wildman–Crippen MR) is 96.8 cm³/mol. The highest BCUT2D eigenvalue weighted by Gasteiger charge is 2.36. The molecule has 2 amide bonds. The van der Waals surface area contributed by atoms with Crippen LogP contribution in [0.15, 0.2) is 24.3 Å². The van der Waals surface area contributed by atoms with Crippen molar-refractivity contribution < 1.29 is 19.5 Å². The normalized spacial score (nSPS) is 23.1. The maximum Gasteiger partial charge on any atom is 0.305 e. The Bertz CT molecular complexity index is 686. The highest BCUT2D eigenvalue weighted by Crippen LogP contribution is 2.27. The molecular formula is C20H26N2O4. The van der Waals surface area contributed by atoms with Crippen molar-refractivity contribution in [1.82, 2.24) is 9.80 Å². The minimum atomic E-state index is -0.866. The van der Waals surface area contributed by atoms with E-state index >= 15 is 0 Å². The van der Waals surface area contributed by atoms with E-state index in [0.29, 0.717) is 25.2 Å². The summed E-state index contributed by atoms with van der Waals surface area (Å²) in [4.78, 5) is 40.2. The van der Waals surface area contributed by atoms with Crippen molar-refractivity contribution in [2.75, 3.05) is 19.6 Å². The topological polar surface area (TPSA) is 77.9 Å². The first-order valence-electron chi connectivity index (χ1n) is 9.34. The summed E-state index contributed by atoms with van der Waals surface area (Å²) >= 11 is 0. The average Bonchev–Trinajstić information content (AvgIpc) is 3.08. The van der Waals surface area contributed by atoms with Gasteiger partial charge in [0.15, 0.2) is 0 Å². The molecular weight excluding hydrogens is 332 g/mol. The number of carbonyl (C=O) groups is 3. The molecule has 2 aliphatic rings. The quantitative estimate of drug-likeness (QED) is 0.896. The molecule has 0 saturated carbocycles. The molecule has 2 aliphatic heterocycles. The summed E-state index contributed by atoms with van der Waals surface area (Å²) in [5, 5.41) is 9.05. The molecule has 0 radical (unpaired) electrons. The fourth-order valence-corrected chi connectivity index (χ4v) is 4.02. The second-order valence-electron chi connectivity index (χ2n) is 7.38. The molecule has 3 rings (SSSR count). The van der Waals surface area contributed by atoms with E-state index in [1.165, 1.54) is 0 Å². The van der Waals surface area contributed by atoms with Gasteiger partial charge in [-0.15, -0.1) is 0 Å². The molecule has 6 heteroatoms. The van der Waals surface area contributed by atoms with Gasteiger partial charge >= 0.3 is 5.97 Å². The van der Waals surface area contributed by atoms with Crippen LogP contribution in [0.3, 0.4) is 0 Å². The molecule has 0 aliphatic carbocycles. The van der Waals surface area contributed by atoms with Crippen LogP contribution in [-0.2, 0) is 9.59 Å². The Kier molecular flexibility index (Phi) is 5.59. The van der Waals surface area contributed by atoms with Gasteiger partial charge < -0.3 is 14.9 Å². The van der Waals surface area contributed by atoms with Crippen LogP contribution in [0.1, 0.15) is 48.0 Å². The Balaban J connectivity index is 1.66. The second kappa shape index (κ2) is 7.89. The summed E-state index contributed by atoms with van der Waals surface area (Å²) in [6.07, 6.45) is 3.15. The van der Waals surface area contributed by atoms with Crippen LogP contribution in [0.5, 0.6) is 0 Å². The van der Waals surface area contributed by atoms with E-state index in [1.54, 1.807) is 9.80 Å². The van der Waals surface area contributed by atoms with Gasteiger partial charge in [-0.3, -0.25) is 14.4 Å². The summed E-state index contributed by atoms with van der Waals surface area (Å²) in [5.74, 6) is -1.12. The van der Waals surface area contributed by atoms with Gasteiger partial charge in [0.25, 0.3) is 5.91 Å². The molecule has 2 unspecified atom stereocenters. The molecule has 1 aromatic carbocycles. The van der Waals surface area contributed by atoms with Crippen molar-refractivity contribution in [2.45, 2.75) is 45.1 Å². The number of hydrogen-bond acceptors (Lipinski definition) is 3. The standard InChI is InChI=1S/C20H26N2O4/c1-14-6-8-15(9-7-14)19(25)21-10-2-4-16(13-21)20(26)22-11-3-5-17(22)12-18(23)24/h6-9,16-17H,2-5,10-13H2,1H3,(H,23,24). The van der Waals surface area contributed by atoms with Gasteiger partial charge in [0.1, 0.15) is 0 Å². The van der Waals surface area contributed by atoms with Crippen molar-refractivity contribution in [2.24, 2.45) is 5.92 Å². The van der Waals surface area contributed by atoms with Crippen LogP contribution in [0.25, 0.3) is 0 Å². The van der Waals surface area contributed by atoms with E-state index in [4.69, 9.17) is 5.11 Å². The van der Waals surface area contributed by atoms with Crippen LogP contribution < -0.4 is 0 Å².